The van der Waals surface area contributed by atoms with Crippen LogP contribution < -0.4 is 0 Å². The molecule has 0 unspecified atom stereocenters. The number of aromatic nitrogens is 4. The quantitative estimate of drug-likeness (QED) is 0.177. The minimum atomic E-state index is 0.708. The number of nitrogens with zero attached hydrogens (tertiary/aromatic N) is 4. The van der Waals surface area contributed by atoms with Gasteiger partial charge in [0.1, 0.15) is 0 Å². The Morgan fingerprint density at radius 3 is 1.84 bits per heavy atom. The Hall–Kier alpha value is -8.64. The Labute approximate surface area is 387 Å². The summed E-state index contributed by atoms with van der Waals surface area (Å²) in [6.45, 7) is 0. The second-order valence-electron chi connectivity index (χ2n) is 17.7. The van der Waals surface area contributed by atoms with E-state index in [0.717, 1.165) is 60.9 Å². The highest BCUT2D eigenvalue weighted by Crippen LogP contribution is 2.42. The number of thiophene rings is 1. The van der Waals surface area contributed by atoms with Crippen molar-refractivity contribution in [3.8, 4) is 34.0 Å². The lowest BCUT2D eigenvalue weighted by molar-refractivity contribution is 1.18. The second-order valence-corrected chi connectivity index (χ2v) is 18.8. The molecule has 0 saturated carbocycles. The number of fused-ring (bicyclic) bond motifs is 14. The van der Waals surface area contributed by atoms with Crippen molar-refractivity contribution in [2.24, 2.45) is 0 Å². The molecule has 0 aliphatic carbocycles. The van der Waals surface area contributed by atoms with Crippen LogP contribution in [0, 0.1) is 0 Å². The van der Waals surface area contributed by atoms with E-state index in [-0.39, 0.29) is 0 Å². The van der Waals surface area contributed by atoms with Crippen molar-refractivity contribution in [1.29, 1.82) is 0 Å². The summed E-state index contributed by atoms with van der Waals surface area (Å²) in [6.07, 6.45) is 0. The van der Waals surface area contributed by atoms with Crippen molar-refractivity contribution in [3.05, 3.63) is 218 Å². The third kappa shape index (κ3) is 5.40. The highest BCUT2D eigenvalue weighted by molar-refractivity contribution is 7.25. The summed E-state index contributed by atoms with van der Waals surface area (Å²) in [4.78, 5) is 10.8. The minimum Gasteiger partial charge on any atom is -0.309 e. The molecule has 0 N–H and O–H groups in total. The average Bonchev–Trinajstić information content (AvgIpc) is 4.04. The monoisotopic (exact) mass is 868 g/mol. The highest BCUT2D eigenvalue weighted by atomic mass is 32.1. The molecule has 0 saturated heterocycles. The molecule has 15 aromatic rings. The Morgan fingerprint density at radius 1 is 0.328 bits per heavy atom. The van der Waals surface area contributed by atoms with Gasteiger partial charge in [-0.05, 0) is 93.7 Å². The van der Waals surface area contributed by atoms with E-state index in [0.29, 0.717) is 5.82 Å². The van der Waals surface area contributed by atoms with E-state index in [1.165, 1.54) is 74.3 Å². The zero-order chi connectivity index (χ0) is 43.7. The van der Waals surface area contributed by atoms with Gasteiger partial charge in [-0.1, -0.05) is 152 Å². The molecular formula is C62H36N4S. The summed E-state index contributed by atoms with van der Waals surface area (Å²) in [5, 5.41) is 15.7. The number of hydrogen-bond acceptors (Lipinski definition) is 3. The van der Waals surface area contributed by atoms with Crippen molar-refractivity contribution in [2.45, 2.75) is 0 Å². The Balaban J connectivity index is 0.938. The van der Waals surface area contributed by atoms with Crippen LogP contribution in [-0.4, -0.2) is 19.1 Å². The summed E-state index contributed by atoms with van der Waals surface area (Å²) < 4.78 is 7.44. The number of para-hydroxylation sites is 3. The molecule has 0 radical (unpaired) electrons. The molecular weight excluding hydrogens is 833 g/mol. The fraction of sp³-hybridized carbons (Fsp3) is 0. The molecule has 15 rings (SSSR count). The van der Waals surface area contributed by atoms with Crippen LogP contribution >= 0.6 is 11.3 Å². The molecule has 310 valence electrons. The molecule has 0 bridgehead atoms. The molecule has 11 aromatic carbocycles. The summed E-state index contributed by atoms with van der Waals surface area (Å²) in [5.74, 6) is 0.708. The highest BCUT2D eigenvalue weighted by Gasteiger charge is 2.20. The van der Waals surface area contributed by atoms with Crippen LogP contribution in [0.15, 0.2) is 218 Å². The molecule has 0 atom stereocenters. The van der Waals surface area contributed by atoms with E-state index < -0.39 is 0 Å². The fourth-order valence-corrected chi connectivity index (χ4v) is 12.2. The molecule has 0 aliphatic heterocycles. The van der Waals surface area contributed by atoms with Crippen LogP contribution in [0.25, 0.3) is 141 Å². The van der Waals surface area contributed by atoms with Crippen LogP contribution in [-0.2, 0) is 0 Å². The van der Waals surface area contributed by atoms with Gasteiger partial charge in [0, 0.05) is 75.0 Å². The topological polar surface area (TPSA) is 35.6 Å². The first-order chi connectivity index (χ1) is 33.2. The van der Waals surface area contributed by atoms with Crippen LogP contribution in [0.2, 0.25) is 0 Å². The average molecular weight is 869 g/mol. The van der Waals surface area contributed by atoms with Gasteiger partial charge in [-0.15, -0.1) is 11.3 Å². The molecule has 4 nitrogen and oxygen atoms in total. The second kappa shape index (κ2) is 13.9. The standard InChI is InChI=1S/C62H36N4S/c1-4-16-45-37(13-1)26-30-50-46-17-6-11-23-56(46)66(61(45)50)42-28-25-38-34-57-52(33-41(38)32-42)47-18-7-10-22-55(47)65(57)43-31-39-14-2-3-15-44(39)53(36-43)62-63-54-21-9-5-20-51(54)60(64-62)40-27-29-49-48-19-8-12-24-58(48)67-59(49)35-40/h1-36H. The molecule has 67 heavy (non-hydrogen) atoms. The van der Waals surface area contributed by atoms with E-state index in [2.05, 4.69) is 228 Å². The largest absolute Gasteiger partial charge is 0.309 e. The normalized spacial score (nSPS) is 12.2. The van der Waals surface area contributed by atoms with Gasteiger partial charge in [-0.25, -0.2) is 9.97 Å². The van der Waals surface area contributed by atoms with Crippen molar-refractivity contribution in [1.82, 2.24) is 19.1 Å². The molecule has 0 aliphatic rings. The van der Waals surface area contributed by atoms with Crippen molar-refractivity contribution in [2.75, 3.05) is 0 Å². The van der Waals surface area contributed by atoms with Gasteiger partial charge in [0.25, 0.3) is 0 Å². The lowest BCUT2D eigenvalue weighted by Gasteiger charge is -2.15. The maximum atomic E-state index is 5.51. The van der Waals surface area contributed by atoms with Crippen LogP contribution in [0.3, 0.4) is 0 Å². The summed E-state index contributed by atoms with van der Waals surface area (Å²) in [5.41, 5.74) is 10.9. The van der Waals surface area contributed by atoms with Gasteiger partial charge < -0.3 is 9.13 Å². The lowest BCUT2D eigenvalue weighted by atomic mass is 10.0. The van der Waals surface area contributed by atoms with Crippen molar-refractivity contribution >= 4 is 118 Å². The minimum absolute atomic E-state index is 0.708. The van der Waals surface area contributed by atoms with E-state index in [1.807, 2.05) is 11.3 Å². The van der Waals surface area contributed by atoms with Gasteiger partial charge in [-0.3, -0.25) is 0 Å². The van der Waals surface area contributed by atoms with E-state index in [4.69, 9.17) is 9.97 Å². The van der Waals surface area contributed by atoms with E-state index in [1.54, 1.807) is 0 Å². The molecule has 4 aromatic heterocycles. The van der Waals surface area contributed by atoms with Gasteiger partial charge in [0.2, 0.25) is 0 Å². The van der Waals surface area contributed by atoms with Gasteiger partial charge in [0.05, 0.1) is 33.3 Å². The Morgan fingerprint density at radius 2 is 0.970 bits per heavy atom. The molecule has 4 heterocycles. The molecule has 0 spiro atoms. The Kier molecular flexibility index (Phi) is 7.63. The van der Waals surface area contributed by atoms with E-state index in [9.17, 15) is 0 Å². The lowest BCUT2D eigenvalue weighted by Crippen LogP contribution is -1.99. The summed E-state index contributed by atoms with van der Waals surface area (Å²) in [7, 11) is 0. The van der Waals surface area contributed by atoms with Gasteiger partial charge >= 0.3 is 0 Å². The SMILES string of the molecule is c1ccc2c(-c3nc(-c4ccc5c(c4)sc4ccccc45)c4ccccc4n3)cc(-n3c4ccccc4c4cc5cc(-n6c7ccccc7c7ccc8ccccc8c76)ccc5cc43)cc2c1. The summed E-state index contributed by atoms with van der Waals surface area (Å²) >= 11 is 1.83. The third-order valence-electron chi connectivity index (χ3n) is 14.0. The predicted molar refractivity (Wildman–Crippen MR) is 284 cm³/mol. The predicted octanol–water partition coefficient (Wildman–Crippen LogP) is 17.0. The zero-order valence-electron chi connectivity index (χ0n) is 36.0. The number of benzene rings is 11. The smallest absolute Gasteiger partial charge is 0.161 e. The Bertz CT molecular complexity index is 4590. The number of rotatable bonds is 4. The summed E-state index contributed by atoms with van der Waals surface area (Å²) in [6, 6.07) is 79.8. The molecule has 5 heteroatoms. The number of hydrogen-bond donors (Lipinski definition) is 0. The molecule has 0 amide bonds. The zero-order valence-corrected chi connectivity index (χ0v) is 36.8. The van der Waals surface area contributed by atoms with Gasteiger partial charge in [0.15, 0.2) is 5.82 Å². The fourth-order valence-electron chi connectivity index (χ4n) is 11.0. The maximum Gasteiger partial charge on any atom is 0.161 e. The van der Waals surface area contributed by atoms with Crippen molar-refractivity contribution in [3.63, 3.8) is 0 Å². The van der Waals surface area contributed by atoms with Crippen LogP contribution in [0.4, 0.5) is 0 Å². The van der Waals surface area contributed by atoms with Crippen LogP contribution in [0.5, 0.6) is 0 Å². The van der Waals surface area contributed by atoms with Crippen molar-refractivity contribution < 1.29 is 0 Å². The van der Waals surface area contributed by atoms with E-state index >= 15 is 0 Å². The third-order valence-corrected chi connectivity index (χ3v) is 15.2. The first-order valence-corrected chi connectivity index (χ1v) is 23.6. The van der Waals surface area contributed by atoms with Gasteiger partial charge in [-0.2, -0.15) is 0 Å². The first kappa shape index (κ1) is 36.7. The maximum absolute atomic E-state index is 5.51. The first-order valence-electron chi connectivity index (χ1n) is 22.8. The molecule has 0 fully saturated rings. The van der Waals surface area contributed by atoms with Crippen LogP contribution in [0.1, 0.15) is 0 Å².